The van der Waals surface area contributed by atoms with Crippen molar-refractivity contribution in [1.82, 2.24) is 0 Å². The molecule has 1 aromatic rings. The predicted molar refractivity (Wildman–Crippen MR) is 59.5 cm³/mol. The Labute approximate surface area is 85.0 Å². The first-order valence-corrected chi connectivity index (χ1v) is 4.61. The van der Waals surface area contributed by atoms with Gasteiger partial charge in [-0.05, 0) is 12.0 Å². The molecule has 0 heterocycles. The second kappa shape index (κ2) is 5.77. The minimum atomic E-state index is 0.540. The van der Waals surface area contributed by atoms with Gasteiger partial charge in [0.1, 0.15) is 0 Å². The third-order valence-electron chi connectivity index (χ3n) is 1.87. The van der Waals surface area contributed by atoms with E-state index in [1.54, 1.807) is 0 Å². The Morgan fingerprint density at radius 2 is 2.07 bits per heavy atom. The molecule has 0 atom stereocenters. The Hall–Kier alpha value is -1.81. The highest BCUT2D eigenvalue weighted by molar-refractivity contribution is 5.52. The first-order chi connectivity index (χ1) is 6.83. The van der Waals surface area contributed by atoms with Crippen molar-refractivity contribution >= 4 is 6.08 Å². The van der Waals surface area contributed by atoms with Crippen LogP contribution in [0.5, 0.6) is 0 Å². The Balaban J connectivity index is 2.49. The molecule has 0 saturated heterocycles. The van der Waals surface area contributed by atoms with E-state index >= 15 is 0 Å². The smallest absolute Gasteiger partial charge is 0.0625 e. The van der Waals surface area contributed by atoms with E-state index in [9.17, 15) is 0 Å². The zero-order valence-electron chi connectivity index (χ0n) is 8.11. The summed E-state index contributed by atoms with van der Waals surface area (Å²) >= 11 is 0. The lowest BCUT2D eigenvalue weighted by Crippen LogP contribution is -1.75. The molecular weight excluding hydrogens is 170 g/mol. The molecule has 0 radical (unpaired) electrons. The Morgan fingerprint density at radius 3 is 2.71 bits per heavy atom. The van der Waals surface area contributed by atoms with Crippen molar-refractivity contribution < 1.29 is 0 Å². The first kappa shape index (κ1) is 10.3. The summed E-state index contributed by atoms with van der Waals surface area (Å²) in [5.41, 5.74) is 2.15. The largest absolute Gasteiger partial charge is 0.198 e. The molecule has 0 amide bonds. The molecule has 1 aromatic carbocycles. The van der Waals surface area contributed by atoms with Crippen molar-refractivity contribution in [2.45, 2.75) is 12.8 Å². The SMILES string of the molecule is C=C(/C=C/c1ccccc1)CCC#N. The van der Waals surface area contributed by atoms with Crippen LogP contribution in [-0.2, 0) is 0 Å². The number of allylic oxidation sites excluding steroid dienone is 2. The van der Waals surface area contributed by atoms with Gasteiger partial charge in [-0.3, -0.25) is 0 Å². The van der Waals surface area contributed by atoms with Gasteiger partial charge in [-0.25, -0.2) is 0 Å². The van der Waals surface area contributed by atoms with Gasteiger partial charge in [0.25, 0.3) is 0 Å². The first-order valence-electron chi connectivity index (χ1n) is 4.61. The zero-order valence-corrected chi connectivity index (χ0v) is 8.11. The topological polar surface area (TPSA) is 23.8 Å². The summed E-state index contributed by atoms with van der Waals surface area (Å²) in [6.45, 7) is 3.87. The summed E-state index contributed by atoms with van der Waals surface area (Å²) in [6, 6.07) is 12.2. The highest BCUT2D eigenvalue weighted by Crippen LogP contribution is 2.07. The molecule has 0 bridgehead atoms. The molecule has 0 unspecified atom stereocenters. The van der Waals surface area contributed by atoms with Gasteiger partial charge in [-0.2, -0.15) is 5.26 Å². The fraction of sp³-hybridized carbons (Fsp3) is 0.154. The predicted octanol–water partition coefficient (Wildman–Crippen LogP) is 3.56. The Morgan fingerprint density at radius 1 is 1.36 bits per heavy atom. The van der Waals surface area contributed by atoms with E-state index in [1.807, 2.05) is 42.5 Å². The van der Waals surface area contributed by atoms with E-state index in [4.69, 9.17) is 5.26 Å². The molecule has 1 nitrogen and oxygen atoms in total. The minimum Gasteiger partial charge on any atom is -0.198 e. The van der Waals surface area contributed by atoms with Crippen LogP contribution in [0.3, 0.4) is 0 Å². The standard InChI is InChI=1S/C13H13N/c1-12(6-5-11-14)9-10-13-7-3-2-4-8-13/h2-4,7-10H,1,5-6H2/b10-9+. The van der Waals surface area contributed by atoms with Crippen molar-refractivity contribution in [2.24, 2.45) is 0 Å². The van der Waals surface area contributed by atoms with Gasteiger partial charge in [-0.1, -0.05) is 54.6 Å². The molecule has 0 aliphatic carbocycles. The number of benzene rings is 1. The summed E-state index contributed by atoms with van der Waals surface area (Å²) in [5, 5.41) is 8.39. The van der Waals surface area contributed by atoms with E-state index in [0.717, 1.165) is 17.6 Å². The number of nitrogens with zero attached hydrogens (tertiary/aromatic N) is 1. The van der Waals surface area contributed by atoms with E-state index in [0.29, 0.717) is 6.42 Å². The summed E-state index contributed by atoms with van der Waals surface area (Å²) in [5.74, 6) is 0. The summed E-state index contributed by atoms with van der Waals surface area (Å²) in [4.78, 5) is 0. The summed E-state index contributed by atoms with van der Waals surface area (Å²) < 4.78 is 0. The maximum atomic E-state index is 8.39. The number of nitriles is 1. The van der Waals surface area contributed by atoms with Gasteiger partial charge in [-0.15, -0.1) is 0 Å². The molecule has 0 N–H and O–H groups in total. The van der Waals surface area contributed by atoms with Crippen LogP contribution in [0.25, 0.3) is 6.08 Å². The highest BCUT2D eigenvalue weighted by Gasteiger charge is 1.88. The Bertz CT molecular complexity index is 355. The van der Waals surface area contributed by atoms with Crippen molar-refractivity contribution in [2.75, 3.05) is 0 Å². The van der Waals surface area contributed by atoms with Crippen LogP contribution in [0.2, 0.25) is 0 Å². The molecule has 0 aliphatic rings. The van der Waals surface area contributed by atoms with Crippen molar-refractivity contribution in [3.8, 4) is 6.07 Å². The molecule has 0 aliphatic heterocycles. The van der Waals surface area contributed by atoms with E-state index in [1.165, 1.54) is 0 Å². The average Bonchev–Trinajstić information content (AvgIpc) is 2.25. The van der Waals surface area contributed by atoms with Gasteiger partial charge in [0.05, 0.1) is 6.07 Å². The van der Waals surface area contributed by atoms with E-state index < -0.39 is 0 Å². The maximum Gasteiger partial charge on any atom is 0.0625 e. The van der Waals surface area contributed by atoms with Crippen LogP contribution >= 0.6 is 0 Å². The zero-order chi connectivity index (χ0) is 10.2. The van der Waals surface area contributed by atoms with Gasteiger partial charge >= 0.3 is 0 Å². The van der Waals surface area contributed by atoms with Gasteiger partial charge in [0.15, 0.2) is 0 Å². The van der Waals surface area contributed by atoms with Gasteiger partial charge in [0.2, 0.25) is 0 Å². The molecule has 0 aromatic heterocycles. The average molecular weight is 183 g/mol. The fourth-order valence-corrected chi connectivity index (χ4v) is 1.08. The second-order valence-electron chi connectivity index (χ2n) is 3.06. The molecule has 70 valence electrons. The van der Waals surface area contributed by atoms with Crippen LogP contribution in [0.1, 0.15) is 18.4 Å². The van der Waals surface area contributed by atoms with Crippen LogP contribution in [0.15, 0.2) is 48.6 Å². The monoisotopic (exact) mass is 183 g/mol. The highest BCUT2D eigenvalue weighted by atomic mass is 14.2. The molecule has 1 heteroatoms. The lowest BCUT2D eigenvalue weighted by molar-refractivity contribution is 1.02. The molecule has 0 spiro atoms. The number of rotatable bonds is 4. The normalized spacial score (nSPS) is 9.93. The lowest BCUT2D eigenvalue weighted by atomic mass is 10.1. The number of hydrogen-bond acceptors (Lipinski definition) is 1. The third-order valence-corrected chi connectivity index (χ3v) is 1.87. The Kier molecular flexibility index (Phi) is 4.23. The fourth-order valence-electron chi connectivity index (χ4n) is 1.08. The van der Waals surface area contributed by atoms with Crippen LogP contribution < -0.4 is 0 Å². The molecular formula is C13H13N. The van der Waals surface area contributed by atoms with E-state index in [2.05, 4.69) is 12.6 Å². The minimum absolute atomic E-state index is 0.540. The van der Waals surface area contributed by atoms with Gasteiger partial charge in [0, 0.05) is 6.42 Å². The quantitative estimate of drug-likeness (QED) is 0.655. The summed E-state index contributed by atoms with van der Waals surface area (Å²) in [7, 11) is 0. The maximum absolute atomic E-state index is 8.39. The van der Waals surface area contributed by atoms with Crippen molar-refractivity contribution in [1.29, 1.82) is 5.26 Å². The van der Waals surface area contributed by atoms with Crippen LogP contribution in [-0.4, -0.2) is 0 Å². The second-order valence-corrected chi connectivity index (χ2v) is 3.06. The van der Waals surface area contributed by atoms with Crippen LogP contribution in [0, 0.1) is 11.3 Å². The summed E-state index contributed by atoms with van der Waals surface area (Å²) in [6.07, 6.45) is 5.27. The lowest BCUT2D eigenvalue weighted by Gasteiger charge is -1.94. The van der Waals surface area contributed by atoms with Crippen molar-refractivity contribution in [3.63, 3.8) is 0 Å². The number of hydrogen-bond donors (Lipinski definition) is 0. The molecule has 1 rings (SSSR count). The molecule has 0 fully saturated rings. The van der Waals surface area contributed by atoms with Crippen molar-refractivity contribution in [3.05, 3.63) is 54.1 Å². The molecule has 0 saturated carbocycles. The van der Waals surface area contributed by atoms with E-state index in [-0.39, 0.29) is 0 Å². The van der Waals surface area contributed by atoms with Gasteiger partial charge < -0.3 is 0 Å². The third kappa shape index (κ3) is 3.73. The van der Waals surface area contributed by atoms with Crippen LogP contribution in [0.4, 0.5) is 0 Å². The molecule has 14 heavy (non-hydrogen) atoms.